The molecule has 132 valence electrons. The molecule has 0 bridgehead atoms. The Labute approximate surface area is 143 Å². The predicted octanol–water partition coefficient (Wildman–Crippen LogP) is 0.908. The Morgan fingerprint density at radius 2 is 1.83 bits per heavy atom. The summed E-state index contributed by atoms with van der Waals surface area (Å²) in [7, 11) is 1.67. The summed E-state index contributed by atoms with van der Waals surface area (Å²) >= 11 is 0. The third kappa shape index (κ3) is 5.53. The van der Waals surface area contributed by atoms with Gasteiger partial charge in [-0.2, -0.15) is 0 Å². The van der Waals surface area contributed by atoms with Gasteiger partial charge in [0.05, 0.1) is 7.11 Å². The van der Waals surface area contributed by atoms with Crippen molar-refractivity contribution < 1.29 is 14.3 Å². The van der Waals surface area contributed by atoms with Gasteiger partial charge in [0.15, 0.2) is 0 Å². The Balaban J connectivity index is 1.60. The maximum Gasteiger partial charge on any atom is 0.223 e. The summed E-state index contributed by atoms with van der Waals surface area (Å²) in [6.45, 7) is 5.65. The van der Waals surface area contributed by atoms with E-state index >= 15 is 0 Å². The van der Waals surface area contributed by atoms with Crippen molar-refractivity contribution in [2.75, 3.05) is 46.4 Å². The summed E-state index contributed by atoms with van der Waals surface area (Å²) in [6.07, 6.45) is 1.40. The summed E-state index contributed by atoms with van der Waals surface area (Å²) in [5.74, 6) is 1.11. The van der Waals surface area contributed by atoms with E-state index < -0.39 is 0 Å². The zero-order valence-electron chi connectivity index (χ0n) is 14.6. The highest BCUT2D eigenvalue weighted by atomic mass is 16.5. The van der Waals surface area contributed by atoms with Gasteiger partial charge in [-0.25, -0.2) is 0 Å². The molecular weight excluding hydrogens is 306 g/mol. The Bertz CT molecular complexity index is 554. The van der Waals surface area contributed by atoms with Crippen LogP contribution in [0.4, 0.5) is 0 Å². The maximum absolute atomic E-state index is 12.2. The van der Waals surface area contributed by atoms with Crippen LogP contribution in [-0.4, -0.2) is 68.0 Å². The molecule has 0 spiro atoms. The van der Waals surface area contributed by atoms with E-state index in [9.17, 15) is 9.59 Å². The number of rotatable bonds is 7. The second-order valence-corrected chi connectivity index (χ2v) is 5.99. The number of benzene rings is 1. The number of carbonyl (C=O) groups is 2. The normalized spacial score (nSPS) is 14.6. The monoisotopic (exact) mass is 333 g/mol. The van der Waals surface area contributed by atoms with E-state index in [4.69, 9.17) is 4.74 Å². The van der Waals surface area contributed by atoms with Gasteiger partial charge in [0, 0.05) is 46.1 Å². The van der Waals surface area contributed by atoms with Crippen molar-refractivity contribution in [3.8, 4) is 5.75 Å². The van der Waals surface area contributed by atoms with E-state index in [0.29, 0.717) is 39.1 Å². The third-order valence-electron chi connectivity index (χ3n) is 4.32. The van der Waals surface area contributed by atoms with Crippen LogP contribution in [-0.2, 0) is 16.0 Å². The molecule has 1 aromatic rings. The fourth-order valence-corrected chi connectivity index (χ4v) is 2.81. The lowest BCUT2D eigenvalue weighted by Gasteiger charge is -2.34. The van der Waals surface area contributed by atoms with Crippen LogP contribution >= 0.6 is 0 Å². The van der Waals surface area contributed by atoms with E-state index in [1.807, 2.05) is 23.1 Å². The zero-order valence-corrected chi connectivity index (χ0v) is 14.6. The fourth-order valence-electron chi connectivity index (χ4n) is 2.81. The quantitative estimate of drug-likeness (QED) is 0.754. The Kier molecular flexibility index (Phi) is 7.06. The first-order chi connectivity index (χ1) is 11.6. The first-order valence-corrected chi connectivity index (χ1v) is 8.47. The van der Waals surface area contributed by atoms with Gasteiger partial charge in [-0.3, -0.25) is 9.59 Å². The van der Waals surface area contributed by atoms with Crippen molar-refractivity contribution in [2.45, 2.75) is 19.8 Å². The zero-order chi connectivity index (χ0) is 17.4. The predicted molar refractivity (Wildman–Crippen MR) is 93.0 cm³/mol. The van der Waals surface area contributed by atoms with Crippen molar-refractivity contribution in [3.63, 3.8) is 0 Å². The van der Waals surface area contributed by atoms with Gasteiger partial charge in [-0.05, 0) is 30.7 Å². The Hall–Kier alpha value is -2.08. The Morgan fingerprint density at radius 3 is 2.50 bits per heavy atom. The number of hydrogen-bond donors (Lipinski definition) is 1. The highest BCUT2D eigenvalue weighted by Crippen LogP contribution is 2.12. The first-order valence-electron chi connectivity index (χ1n) is 8.47. The van der Waals surface area contributed by atoms with E-state index in [-0.39, 0.29) is 11.8 Å². The number of ether oxygens (including phenoxy) is 1. The average molecular weight is 333 g/mol. The molecule has 1 heterocycles. The van der Waals surface area contributed by atoms with Gasteiger partial charge in [0.1, 0.15) is 5.75 Å². The van der Waals surface area contributed by atoms with Crippen LogP contribution in [0.1, 0.15) is 18.9 Å². The topological polar surface area (TPSA) is 61.9 Å². The molecule has 2 amide bonds. The highest BCUT2D eigenvalue weighted by molar-refractivity contribution is 5.77. The van der Waals surface area contributed by atoms with Crippen LogP contribution in [0.15, 0.2) is 24.3 Å². The van der Waals surface area contributed by atoms with Gasteiger partial charge in [-0.15, -0.1) is 0 Å². The maximum atomic E-state index is 12.2. The molecule has 0 unspecified atom stereocenters. The van der Waals surface area contributed by atoms with Crippen molar-refractivity contribution in [3.05, 3.63) is 29.8 Å². The second kappa shape index (κ2) is 9.27. The lowest BCUT2D eigenvalue weighted by Crippen LogP contribution is -2.50. The second-order valence-electron chi connectivity index (χ2n) is 5.99. The molecule has 1 fully saturated rings. The molecule has 1 saturated heterocycles. The molecule has 2 rings (SSSR count). The summed E-state index contributed by atoms with van der Waals surface area (Å²) in [6, 6.07) is 8.02. The number of hydrogen-bond acceptors (Lipinski definition) is 4. The van der Waals surface area contributed by atoms with Gasteiger partial charge in [0.25, 0.3) is 0 Å². The molecule has 24 heavy (non-hydrogen) atoms. The lowest BCUT2D eigenvalue weighted by atomic mass is 10.1. The number of carbonyl (C=O) groups excluding carboxylic acids is 2. The molecule has 0 aliphatic carbocycles. The first kappa shape index (κ1) is 18.3. The highest BCUT2D eigenvalue weighted by Gasteiger charge is 2.21. The molecular formula is C18H27N3O3. The average Bonchev–Trinajstić information content (AvgIpc) is 2.61. The number of nitrogens with zero attached hydrogens (tertiary/aromatic N) is 2. The third-order valence-corrected chi connectivity index (χ3v) is 4.32. The van der Waals surface area contributed by atoms with Crippen molar-refractivity contribution in [1.29, 1.82) is 0 Å². The smallest absolute Gasteiger partial charge is 0.223 e. The molecule has 0 aromatic heterocycles. The number of piperazine rings is 1. The minimum atomic E-state index is 0.0845. The standard InChI is InChI=1S/C18H27N3O3/c1-15(22)20-10-12-21(13-11-20)18(23)7-9-19-8-6-16-4-3-5-17(14-16)24-2/h3-5,14,19H,6-13H2,1-2H3. The summed E-state index contributed by atoms with van der Waals surface area (Å²) in [4.78, 5) is 27.1. The molecule has 0 radical (unpaired) electrons. The largest absolute Gasteiger partial charge is 0.497 e. The number of nitrogens with one attached hydrogen (secondary N) is 1. The molecule has 0 saturated carbocycles. The number of amides is 2. The van der Waals surface area contributed by atoms with E-state index in [1.165, 1.54) is 5.56 Å². The molecule has 6 heteroatoms. The van der Waals surface area contributed by atoms with E-state index in [0.717, 1.165) is 18.7 Å². The van der Waals surface area contributed by atoms with Gasteiger partial charge in [-0.1, -0.05) is 12.1 Å². The van der Waals surface area contributed by atoms with Crippen molar-refractivity contribution >= 4 is 11.8 Å². The molecule has 1 aliphatic rings. The van der Waals surface area contributed by atoms with Crippen molar-refractivity contribution in [2.24, 2.45) is 0 Å². The van der Waals surface area contributed by atoms with Crippen LogP contribution in [0.3, 0.4) is 0 Å². The summed E-state index contributed by atoms with van der Waals surface area (Å²) in [5.41, 5.74) is 1.22. The molecule has 0 atom stereocenters. The van der Waals surface area contributed by atoms with E-state index in [1.54, 1.807) is 18.9 Å². The minimum Gasteiger partial charge on any atom is -0.497 e. The summed E-state index contributed by atoms with van der Waals surface area (Å²) in [5, 5.41) is 3.32. The van der Waals surface area contributed by atoms with E-state index in [2.05, 4.69) is 11.4 Å². The van der Waals surface area contributed by atoms with Crippen LogP contribution in [0, 0.1) is 0 Å². The molecule has 1 aliphatic heterocycles. The fraction of sp³-hybridized carbons (Fsp3) is 0.556. The molecule has 1 N–H and O–H groups in total. The van der Waals surface area contributed by atoms with Crippen LogP contribution in [0.2, 0.25) is 0 Å². The van der Waals surface area contributed by atoms with Crippen LogP contribution < -0.4 is 10.1 Å². The van der Waals surface area contributed by atoms with Crippen molar-refractivity contribution in [1.82, 2.24) is 15.1 Å². The minimum absolute atomic E-state index is 0.0845. The van der Waals surface area contributed by atoms with Crippen LogP contribution in [0.25, 0.3) is 0 Å². The summed E-state index contributed by atoms with van der Waals surface area (Å²) < 4.78 is 5.21. The van der Waals surface area contributed by atoms with Gasteiger partial charge in [0.2, 0.25) is 11.8 Å². The molecule has 6 nitrogen and oxygen atoms in total. The van der Waals surface area contributed by atoms with Crippen LogP contribution in [0.5, 0.6) is 5.75 Å². The SMILES string of the molecule is COc1cccc(CCNCCC(=O)N2CCN(C(C)=O)CC2)c1. The molecule has 1 aromatic carbocycles. The lowest BCUT2D eigenvalue weighted by molar-refractivity contribution is -0.138. The number of methoxy groups -OCH3 is 1. The van der Waals surface area contributed by atoms with Gasteiger partial charge < -0.3 is 19.9 Å². The van der Waals surface area contributed by atoms with Gasteiger partial charge >= 0.3 is 0 Å². The Morgan fingerprint density at radius 1 is 1.12 bits per heavy atom.